The molecule has 0 spiro atoms. The van der Waals surface area contributed by atoms with Gasteiger partial charge < -0.3 is 24.8 Å². The Hall–Kier alpha value is -3.22. The van der Waals surface area contributed by atoms with E-state index >= 15 is 0 Å². The standard InChI is InChI=1S/C21H22N2O5/c24-17-7-2-1-5-15(17)21(26)23-10-3-6-16(23)20(25)22-14-8-9-18-19(13-14)28-12-4-11-27-18/h1-2,5,7-9,13,16,24H,3-4,6,10-12H2,(H,22,25). The second-order valence-electron chi connectivity index (χ2n) is 6.87. The number of amides is 2. The van der Waals surface area contributed by atoms with Crippen molar-refractivity contribution < 1.29 is 24.2 Å². The number of anilines is 1. The van der Waals surface area contributed by atoms with Crippen LogP contribution in [-0.4, -0.2) is 47.6 Å². The molecule has 7 heteroatoms. The third-order valence-corrected chi connectivity index (χ3v) is 4.97. The van der Waals surface area contributed by atoms with Gasteiger partial charge in [-0.05, 0) is 37.1 Å². The van der Waals surface area contributed by atoms with E-state index in [0.717, 1.165) is 12.8 Å². The average molecular weight is 382 g/mol. The molecular formula is C21H22N2O5. The molecule has 146 valence electrons. The van der Waals surface area contributed by atoms with E-state index in [4.69, 9.17) is 9.47 Å². The first-order chi connectivity index (χ1) is 13.6. The Morgan fingerprint density at radius 3 is 2.64 bits per heavy atom. The number of benzene rings is 2. The van der Waals surface area contributed by atoms with Crippen molar-refractivity contribution in [1.29, 1.82) is 0 Å². The predicted molar refractivity (Wildman–Crippen MR) is 103 cm³/mol. The Morgan fingerprint density at radius 1 is 1.04 bits per heavy atom. The number of carbonyl (C=O) groups excluding carboxylic acids is 2. The van der Waals surface area contributed by atoms with Gasteiger partial charge in [-0.1, -0.05) is 12.1 Å². The fraction of sp³-hybridized carbons (Fsp3) is 0.333. The van der Waals surface area contributed by atoms with Gasteiger partial charge in [0.05, 0.1) is 18.8 Å². The summed E-state index contributed by atoms with van der Waals surface area (Å²) in [5, 5.41) is 12.8. The molecule has 1 unspecified atom stereocenters. The van der Waals surface area contributed by atoms with Crippen LogP contribution in [0.4, 0.5) is 5.69 Å². The number of rotatable bonds is 3. The number of aromatic hydroxyl groups is 1. The van der Waals surface area contributed by atoms with Crippen molar-refractivity contribution in [2.45, 2.75) is 25.3 Å². The molecule has 28 heavy (non-hydrogen) atoms. The molecule has 2 aromatic carbocycles. The molecule has 2 aliphatic heterocycles. The van der Waals surface area contributed by atoms with Crippen molar-refractivity contribution in [1.82, 2.24) is 4.90 Å². The van der Waals surface area contributed by atoms with E-state index in [1.165, 1.54) is 11.0 Å². The molecule has 2 heterocycles. The summed E-state index contributed by atoms with van der Waals surface area (Å²) in [6, 6.07) is 11.1. The normalized spacial score (nSPS) is 18.4. The maximum Gasteiger partial charge on any atom is 0.258 e. The van der Waals surface area contributed by atoms with Crippen LogP contribution >= 0.6 is 0 Å². The number of carbonyl (C=O) groups is 2. The highest BCUT2D eigenvalue weighted by Crippen LogP contribution is 2.33. The van der Waals surface area contributed by atoms with Gasteiger partial charge >= 0.3 is 0 Å². The van der Waals surface area contributed by atoms with Crippen LogP contribution < -0.4 is 14.8 Å². The van der Waals surface area contributed by atoms with E-state index in [9.17, 15) is 14.7 Å². The second kappa shape index (κ2) is 7.80. The quantitative estimate of drug-likeness (QED) is 0.852. The first kappa shape index (κ1) is 18.2. The number of fused-ring (bicyclic) bond motifs is 1. The molecule has 0 bridgehead atoms. The third kappa shape index (κ3) is 3.60. The van der Waals surface area contributed by atoms with Gasteiger partial charge in [-0.3, -0.25) is 9.59 Å². The topological polar surface area (TPSA) is 88.1 Å². The van der Waals surface area contributed by atoms with Crippen LogP contribution in [0.5, 0.6) is 17.2 Å². The summed E-state index contributed by atoms with van der Waals surface area (Å²) in [6.07, 6.45) is 2.12. The van der Waals surface area contributed by atoms with Crippen molar-refractivity contribution in [2.75, 3.05) is 25.1 Å². The fourth-order valence-corrected chi connectivity index (χ4v) is 3.56. The predicted octanol–water partition coefficient (Wildman–Crippen LogP) is 2.80. The van der Waals surface area contributed by atoms with Gasteiger partial charge in [-0.25, -0.2) is 0 Å². The summed E-state index contributed by atoms with van der Waals surface area (Å²) in [5.41, 5.74) is 0.800. The number of phenols is 1. The lowest BCUT2D eigenvalue weighted by Crippen LogP contribution is -2.43. The molecule has 0 aliphatic carbocycles. The molecule has 2 aliphatic rings. The third-order valence-electron chi connectivity index (χ3n) is 4.97. The number of phenolic OH excluding ortho intramolecular Hbond substituents is 1. The molecule has 4 rings (SSSR count). The van der Waals surface area contributed by atoms with Crippen LogP contribution in [-0.2, 0) is 4.79 Å². The van der Waals surface area contributed by atoms with Crippen LogP contribution in [0, 0.1) is 0 Å². The average Bonchev–Trinajstić information content (AvgIpc) is 3.07. The number of nitrogens with one attached hydrogen (secondary N) is 1. The SMILES string of the molecule is O=C(Nc1ccc2c(c1)OCCCO2)C1CCCN1C(=O)c1ccccc1O. The zero-order valence-electron chi connectivity index (χ0n) is 15.4. The molecule has 2 aromatic rings. The zero-order valence-corrected chi connectivity index (χ0v) is 15.4. The van der Waals surface area contributed by atoms with E-state index in [0.29, 0.717) is 43.4 Å². The van der Waals surface area contributed by atoms with Crippen LogP contribution in [0.25, 0.3) is 0 Å². The Labute approximate surface area is 162 Å². The van der Waals surface area contributed by atoms with Crippen molar-refractivity contribution in [3.63, 3.8) is 0 Å². The van der Waals surface area contributed by atoms with Gasteiger partial charge in [0.15, 0.2) is 11.5 Å². The summed E-state index contributed by atoms with van der Waals surface area (Å²) < 4.78 is 11.3. The Bertz CT molecular complexity index is 898. The van der Waals surface area contributed by atoms with E-state index in [-0.39, 0.29) is 23.1 Å². The minimum atomic E-state index is -0.580. The molecule has 2 amide bonds. The van der Waals surface area contributed by atoms with Crippen LogP contribution in [0.1, 0.15) is 29.6 Å². The zero-order chi connectivity index (χ0) is 19.5. The van der Waals surface area contributed by atoms with Gasteiger partial charge in [-0.2, -0.15) is 0 Å². The number of nitrogens with zero attached hydrogens (tertiary/aromatic N) is 1. The Kier molecular flexibility index (Phi) is 5.06. The van der Waals surface area contributed by atoms with Gasteiger partial charge in [-0.15, -0.1) is 0 Å². The monoisotopic (exact) mass is 382 g/mol. The highest BCUT2D eigenvalue weighted by atomic mass is 16.5. The fourth-order valence-electron chi connectivity index (χ4n) is 3.56. The minimum absolute atomic E-state index is 0.0820. The molecule has 7 nitrogen and oxygen atoms in total. The highest BCUT2D eigenvalue weighted by molar-refractivity contribution is 6.02. The summed E-state index contributed by atoms with van der Waals surface area (Å²) in [4.78, 5) is 27.2. The van der Waals surface area contributed by atoms with E-state index in [1.54, 1.807) is 36.4 Å². The minimum Gasteiger partial charge on any atom is -0.507 e. The molecule has 1 saturated heterocycles. The highest BCUT2D eigenvalue weighted by Gasteiger charge is 2.35. The lowest BCUT2D eigenvalue weighted by molar-refractivity contribution is -0.119. The molecule has 0 saturated carbocycles. The Morgan fingerprint density at radius 2 is 1.82 bits per heavy atom. The smallest absolute Gasteiger partial charge is 0.258 e. The van der Waals surface area contributed by atoms with Crippen molar-refractivity contribution in [3.8, 4) is 17.2 Å². The van der Waals surface area contributed by atoms with Gasteiger partial charge in [0, 0.05) is 24.7 Å². The number of para-hydroxylation sites is 1. The summed E-state index contributed by atoms with van der Waals surface area (Å²) in [7, 11) is 0. The lowest BCUT2D eigenvalue weighted by atomic mass is 10.1. The first-order valence-electron chi connectivity index (χ1n) is 9.43. The second-order valence-corrected chi connectivity index (χ2v) is 6.87. The maximum absolute atomic E-state index is 12.8. The molecule has 1 atom stereocenters. The first-order valence-corrected chi connectivity index (χ1v) is 9.43. The van der Waals surface area contributed by atoms with Gasteiger partial charge in [0.25, 0.3) is 5.91 Å². The molecular weight excluding hydrogens is 360 g/mol. The van der Waals surface area contributed by atoms with Crippen molar-refractivity contribution >= 4 is 17.5 Å². The van der Waals surface area contributed by atoms with Crippen molar-refractivity contribution in [3.05, 3.63) is 48.0 Å². The molecule has 2 N–H and O–H groups in total. The summed E-state index contributed by atoms with van der Waals surface area (Å²) in [6.45, 7) is 1.65. The number of hydrogen-bond donors (Lipinski definition) is 2. The van der Waals surface area contributed by atoms with E-state index < -0.39 is 6.04 Å². The Balaban J connectivity index is 1.49. The van der Waals surface area contributed by atoms with Gasteiger partial charge in [0.1, 0.15) is 11.8 Å². The molecule has 0 aromatic heterocycles. The van der Waals surface area contributed by atoms with Crippen molar-refractivity contribution in [2.24, 2.45) is 0 Å². The molecule has 1 fully saturated rings. The summed E-state index contributed by atoms with van der Waals surface area (Å²) in [5.74, 6) is 0.586. The lowest BCUT2D eigenvalue weighted by Gasteiger charge is -2.24. The van der Waals surface area contributed by atoms with Gasteiger partial charge in [0.2, 0.25) is 5.91 Å². The maximum atomic E-state index is 12.8. The van der Waals surface area contributed by atoms with E-state index in [2.05, 4.69) is 5.32 Å². The number of ether oxygens (including phenoxy) is 2. The van der Waals surface area contributed by atoms with E-state index in [1.807, 2.05) is 0 Å². The largest absolute Gasteiger partial charge is 0.507 e. The summed E-state index contributed by atoms with van der Waals surface area (Å²) >= 11 is 0. The van der Waals surface area contributed by atoms with Crippen LogP contribution in [0.3, 0.4) is 0 Å². The van der Waals surface area contributed by atoms with Crippen LogP contribution in [0.15, 0.2) is 42.5 Å². The number of likely N-dealkylation sites (tertiary alicyclic amines) is 1. The van der Waals surface area contributed by atoms with Crippen LogP contribution in [0.2, 0.25) is 0 Å². The number of hydrogen-bond acceptors (Lipinski definition) is 5. The molecule has 0 radical (unpaired) electrons.